The van der Waals surface area contributed by atoms with Gasteiger partial charge in [0.05, 0.1) is 0 Å². The number of halogens is 2. The number of hydrogen-bond acceptors (Lipinski definition) is 0. The van der Waals surface area contributed by atoms with Crippen LogP contribution in [0.25, 0.3) is 0 Å². The van der Waals surface area contributed by atoms with Crippen molar-refractivity contribution in [1.82, 2.24) is 0 Å². The Morgan fingerprint density at radius 1 is 1.07 bits per heavy atom. The fourth-order valence-corrected chi connectivity index (χ4v) is 2.42. The van der Waals surface area contributed by atoms with Crippen molar-refractivity contribution in [3.8, 4) is 0 Å². The van der Waals surface area contributed by atoms with Crippen molar-refractivity contribution in [3.05, 3.63) is 41.3 Å². The van der Waals surface area contributed by atoms with Gasteiger partial charge in [-0.1, -0.05) is 30.2 Å². The average molecular weight is 228 g/mol. The average Bonchev–Trinajstić information content (AvgIpc) is 2.19. The zero-order valence-corrected chi connectivity index (χ0v) is 9.43. The van der Waals surface area contributed by atoms with Crippen LogP contribution in [-0.4, -0.2) is 5.38 Å². The Balaban J connectivity index is 2.10. The van der Waals surface area contributed by atoms with E-state index in [1.54, 1.807) is 0 Å². The fourth-order valence-electron chi connectivity index (χ4n) is 1.97. The van der Waals surface area contributed by atoms with E-state index in [2.05, 4.69) is 18.6 Å². The van der Waals surface area contributed by atoms with E-state index in [4.69, 9.17) is 23.2 Å². The monoisotopic (exact) mass is 227 g/mol. The van der Waals surface area contributed by atoms with E-state index in [9.17, 15) is 0 Å². The number of benzene rings is 1. The third kappa shape index (κ3) is 2.43. The van der Waals surface area contributed by atoms with Crippen LogP contribution < -0.4 is 0 Å². The van der Waals surface area contributed by atoms with Gasteiger partial charge in [-0.05, 0) is 42.9 Å². The minimum Gasteiger partial charge on any atom is -0.123 e. The second-order valence-corrected chi connectivity index (χ2v) is 4.79. The van der Waals surface area contributed by atoms with Gasteiger partial charge in [0.2, 0.25) is 0 Å². The van der Waals surface area contributed by atoms with E-state index >= 15 is 0 Å². The van der Waals surface area contributed by atoms with Crippen molar-refractivity contribution in [2.24, 2.45) is 0 Å². The lowest BCUT2D eigenvalue weighted by molar-refractivity contribution is 0.539. The quantitative estimate of drug-likeness (QED) is 0.624. The topological polar surface area (TPSA) is 0 Å². The smallest absolute Gasteiger partial charge is 0.0406 e. The molecule has 1 aliphatic rings. The predicted octanol–water partition coefficient (Wildman–Crippen LogP) is 4.42. The molecule has 2 atom stereocenters. The number of hydrogen-bond donors (Lipinski definition) is 0. The highest BCUT2D eigenvalue weighted by molar-refractivity contribution is 6.30. The van der Waals surface area contributed by atoms with E-state index in [0.717, 1.165) is 11.4 Å². The van der Waals surface area contributed by atoms with Crippen LogP contribution in [0, 0.1) is 6.42 Å². The van der Waals surface area contributed by atoms with E-state index < -0.39 is 0 Å². The highest BCUT2D eigenvalue weighted by Gasteiger charge is 2.21. The maximum Gasteiger partial charge on any atom is 0.0406 e. The first-order valence-electron chi connectivity index (χ1n) is 5.00. The summed E-state index contributed by atoms with van der Waals surface area (Å²) in [5, 5.41) is 1.04. The molecule has 1 radical (unpaired) electrons. The molecular formula is C12H13Cl2. The zero-order chi connectivity index (χ0) is 9.97. The first-order chi connectivity index (χ1) is 6.75. The minimum absolute atomic E-state index is 0.240. The Morgan fingerprint density at radius 2 is 1.79 bits per heavy atom. The third-order valence-corrected chi connectivity index (χ3v) is 3.35. The first-order valence-corrected chi connectivity index (χ1v) is 5.81. The van der Waals surface area contributed by atoms with Crippen LogP contribution in [0.3, 0.4) is 0 Å². The van der Waals surface area contributed by atoms with Gasteiger partial charge in [-0.15, -0.1) is 11.6 Å². The van der Waals surface area contributed by atoms with E-state index in [1.807, 2.05) is 12.1 Å². The lowest BCUT2D eigenvalue weighted by Crippen LogP contribution is -2.14. The Hall–Kier alpha value is -0.200. The van der Waals surface area contributed by atoms with Crippen molar-refractivity contribution in [2.45, 2.75) is 30.6 Å². The Bertz CT molecular complexity index is 292. The van der Waals surface area contributed by atoms with Gasteiger partial charge in [-0.3, -0.25) is 0 Å². The molecule has 0 N–H and O–H groups in total. The molecule has 75 valence electrons. The van der Waals surface area contributed by atoms with Gasteiger partial charge in [0.15, 0.2) is 0 Å². The van der Waals surface area contributed by atoms with Crippen LogP contribution in [0.1, 0.15) is 30.7 Å². The van der Waals surface area contributed by atoms with Crippen LogP contribution in [0.5, 0.6) is 0 Å². The molecule has 0 aliphatic heterocycles. The Labute approximate surface area is 95.2 Å². The molecule has 0 heterocycles. The lowest BCUT2D eigenvalue weighted by Gasteiger charge is -2.25. The molecule has 1 saturated carbocycles. The molecule has 2 unspecified atom stereocenters. The molecule has 1 fully saturated rings. The molecule has 0 nitrogen and oxygen atoms in total. The molecule has 0 saturated heterocycles. The SMILES string of the molecule is Clc1ccc(C2[CH]C(Cl)CCC2)cc1. The van der Waals surface area contributed by atoms with Crippen LogP contribution in [0.2, 0.25) is 5.02 Å². The lowest BCUT2D eigenvalue weighted by atomic mass is 9.84. The molecule has 1 aliphatic carbocycles. The van der Waals surface area contributed by atoms with Gasteiger partial charge in [0, 0.05) is 10.4 Å². The van der Waals surface area contributed by atoms with Crippen LogP contribution in [-0.2, 0) is 0 Å². The summed E-state index contributed by atoms with van der Waals surface area (Å²) in [5.41, 5.74) is 1.33. The number of alkyl halides is 1. The molecule has 2 heteroatoms. The Morgan fingerprint density at radius 3 is 2.43 bits per heavy atom. The summed E-state index contributed by atoms with van der Waals surface area (Å²) < 4.78 is 0. The first kappa shape index (κ1) is 10.3. The maximum absolute atomic E-state index is 6.11. The summed E-state index contributed by atoms with van der Waals surface area (Å²) in [6, 6.07) is 8.09. The second kappa shape index (κ2) is 4.55. The van der Waals surface area contributed by atoms with E-state index in [0.29, 0.717) is 5.92 Å². The summed E-state index contributed by atoms with van der Waals surface area (Å²) in [6.07, 6.45) is 5.79. The molecule has 0 bridgehead atoms. The van der Waals surface area contributed by atoms with Crippen molar-refractivity contribution in [1.29, 1.82) is 0 Å². The van der Waals surface area contributed by atoms with E-state index in [1.165, 1.54) is 18.4 Å². The molecule has 0 aromatic heterocycles. The number of rotatable bonds is 1. The summed E-state index contributed by atoms with van der Waals surface area (Å²) in [7, 11) is 0. The molecule has 14 heavy (non-hydrogen) atoms. The van der Waals surface area contributed by atoms with Crippen molar-refractivity contribution < 1.29 is 0 Å². The van der Waals surface area contributed by atoms with Gasteiger partial charge in [0.1, 0.15) is 0 Å². The Kier molecular flexibility index (Phi) is 3.35. The standard InChI is InChI=1S/C12H13Cl2/c13-11-6-4-9(5-7-11)10-2-1-3-12(14)8-10/h4-8,10,12H,1-3H2. The molecular weight excluding hydrogens is 215 g/mol. The fraction of sp³-hybridized carbons (Fsp3) is 0.417. The van der Waals surface area contributed by atoms with Crippen molar-refractivity contribution in [3.63, 3.8) is 0 Å². The summed E-state index contributed by atoms with van der Waals surface area (Å²) in [6.45, 7) is 0. The maximum atomic E-state index is 6.11. The minimum atomic E-state index is 0.240. The normalized spacial score (nSPS) is 27.6. The van der Waals surface area contributed by atoms with Crippen LogP contribution in [0.15, 0.2) is 24.3 Å². The van der Waals surface area contributed by atoms with Gasteiger partial charge in [-0.25, -0.2) is 0 Å². The van der Waals surface area contributed by atoms with Gasteiger partial charge < -0.3 is 0 Å². The van der Waals surface area contributed by atoms with Crippen molar-refractivity contribution in [2.75, 3.05) is 0 Å². The van der Waals surface area contributed by atoms with Crippen molar-refractivity contribution >= 4 is 23.2 Å². The summed E-state index contributed by atoms with van der Waals surface area (Å²) >= 11 is 12.0. The summed E-state index contributed by atoms with van der Waals surface area (Å²) in [4.78, 5) is 0. The van der Waals surface area contributed by atoms with Gasteiger partial charge in [0.25, 0.3) is 0 Å². The van der Waals surface area contributed by atoms with Gasteiger partial charge >= 0.3 is 0 Å². The largest absolute Gasteiger partial charge is 0.123 e. The highest BCUT2D eigenvalue weighted by Crippen LogP contribution is 2.34. The van der Waals surface area contributed by atoms with Crippen LogP contribution in [0.4, 0.5) is 0 Å². The van der Waals surface area contributed by atoms with Gasteiger partial charge in [-0.2, -0.15) is 0 Å². The third-order valence-electron chi connectivity index (χ3n) is 2.73. The molecule has 2 rings (SSSR count). The predicted molar refractivity (Wildman–Crippen MR) is 62.0 cm³/mol. The second-order valence-electron chi connectivity index (χ2n) is 3.80. The molecule has 1 aromatic carbocycles. The molecule has 0 spiro atoms. The molecule has 0 amide bonds. The zero-order valence-electron chi connectivity index (χ0n) is 7.92. The summed E-state index contributed by atoms with van der Waals surface area (Å²) in [5.74, 6) is 0.517. The highest BCUT2D eigenvalue weighted by atomic mass is 35.5. The van der Waals surface area contributed by atoms with E-state index in [-0.39, 0.29) is 5.38 Å². The van der Waals surface area contributed by atoms with Crippen LogP contribution >= 0.6 is 23.2 Å². The molecule has 1 aromatic rings.